The lowest BCUT2D eigenvalue weighted by atomic mass is 10.0. The Hall–Kier alpha value is -6.46. The summed E-state index contributed by atoms with van der Waals surface area (Å²) in [6, 6.07) is 35.8. The Morgan fingerprint density at radius 2 is 0.967 bits per heavy atom. The summed E-state index contributed by atoms with van der Waals surface area (Å²) in [5, 5.41) is 36.6. The summed E-state index contributed by atoms with van der Waals surface area (Å²) in [5.74, 6) is -1.62. The van der Waals surface area contributed by atoms with Gasteiger partial charge >= 0.3 is 11.9 Å². The largest absolute Gasteiger partial charge is 0.490 e. The molecule has 0 saturated carbocycles. The van der Waals surface area contributed by atoms with Crippen molar-refractivity contribution in [2.24, 2.45) is 0 Å². The van der Waals surface area contributed by atoms with Crippen LogP contribution in [0, 0.1) is 22.7 Å². The van der Waals surface area contributed by atoms with Crippen molar-refractivity contribution < 1.29 is 24.5 Å². The van der Waals surface area contributed by atoms with Gasteiger partial charge in [0.05, 0.1) is 6.10 Å². The number of rotatable bonds is 23. The molecule has 2 aromatic heterocycles. The molecule has 312 valence electrons. The normalized spacial score (nSPS) is 11.9. The number of benzene rings is 3. The number of carboxylic acids is 2. The summed E-state index contributed by atoms with van der Waals surface area (Å²) >= 11 is 2.81. The number of aliphatic carboxylic acids is 2. The van der Waals surface area contributed by atoms with Gasteiger partial charge in [-0.25, -0.2) is 9.59 Å². The highest BCUT2D eigenvalue weighted by Gasteiger charge is 2.15. The highest BCUT2D eigenvalue weighted by molar-refractivity contribution is 7.14. The summed E-state index contributed by atoms with van der Waals surface area (Å²) < 4.78 is 6.63. The Balaban J connectivity index is 1.38. The number of hydrogen-bond donors (Lipinski definition) is 2. The van der Waals surface area contributed by atoms with Crippen molar-refractivity contribution >= 4 is 88.1 Å². The average Bonchev–Trinajstić information content (AvgIpc) is 3.93. The molecule has 0 saturated heterocycles. The molecule has 5 rings (SSSR count). The molecule has 5 aromatic rings. The van der Waals surface area contributed by atoms with E-state index in [1.807, 2.05) is 36.4 Å². The van der Waals surface area contributed by atoms with Crippen molar-refractivity contribution in [2.45, 2.75) is 84.2 Å². The molecule has 0 fully saturated rings. The van der Waals surface area contributed by atoms with Crippen LogP contribution in [0.4, 0.5) is 17.1 Å². The molecular weight excluding hydrogens is 799 g/mol. The molecule has 0 radical (unpaired) electrons. The van der Waals surface area contributed by atoms with E-state index in [1.54, 1.807) is 24.3 Å². The first-order chi connectivity index (χ1) is 29.7. The van der Waals surface area contributed by atoms with Crippen LogP contribution in [-0.2, 0) is 9.59 Å². The molecule has 0 unspecified atom stereocenters. The summed E-state index contributed by atoms with van der Waals surface area (Å²) in [6.45, 7) is 4.48. The van der Waals surface area contributed by atoms with Crippen LogP contribution >= 0.6 is 22.7 Å². The summed E-state index contributed by atoms with van der Waals surface area (Å²) in [6.07, 6.45) is 22.8. The fourth-order valence-electron chi connectivity index (χ4n) is 6.64. The molecule has 61 heavy (non-hydrogen) atoms. The van der Waals surface area contributed by atoms with E-state index >= 15 is 0 Å². The van der Waals surface area contributed by atoms with Crippen molar-refractivity contribution in [1.82, 2.24) is 0 Å². The Kier molecular flexibility index (Phi) is 17.9. The lowest BCUT2D eigenvalue weighted by molar-refractivity contribution is -0.133. The van der Waals surface area contributed by atoms with Gasteiger partial charge in [0.25, 0.3) is 0 Å². The van der Waals surface area contributed by atoms with Crippen LogP contribution < -0.4 is 9.64 Å². The predicted molar refractivity (Wildman–Crippen MR) is 252 cm³/mol. The van der Waals surface area contributed by atoms with Crippen LogP contribution in [-0.4, -0.2) is 28.3 Å². The second-order valence-electron chi connectivity index (χ2n) is 14.5. The van der Waals surface area contributed by atoms with E-state index in [1.165, 1.54) is 86.2 Å². The molecule has 3 aromatic carbocycles. The van der Waals surface area contributed by atoms with Gasteiger partial charge in [0.1, 0.15) is 29.0 Å². The van der Waals surface area contributed by atoms with Crippen LogP contribution in [0.15, 0.2) is 108 Å². The molecule has 10 heteroatoms. The van der Waals surface area contributed by atoms with Gasteiger partial charge < -0.3 is 19.8 Å². The van der Waals surface area contributed by atoms with E-state index in [0.29, 0.717) is 9.75 Å². The highest BCUT2D eigenvalue weighted by Crippen LogP contribution is 2.36. The van der Waals surface area contributed by atoms with Gasteiger partial charge in [0.2, 0.25) is 0 Å². The molecule has 2 heterocycles. The highest BCUT2D eigenvalue weighted by atomic mass is 32.1. The van der Waals surface area contributed by atoms with Crippen molar-refractivity contribution in [3.05, 3.63) is 139 Å². The summed E-state index contributed by atoms with van der Waals surface area (Å²) in [7, 11) is 0. The summed E-state index contributed by atoms with van der Waals surface area (Å²) in [5.41, 5.74) is 4.30. The lowest BCUT2D eigenvalue weighted by Crippen LogP contribution is -2.17. The molecule has 8 nitrogen and oxygen atoms in total. The van der Waals surface area contributed by atoms with Gasteiger partial charge in [-0.05, 0) is 134 Å². The number of hydrogen-bond acceptors (Lipinski definition) is 8. The molecule has 0 spiro atoms. The number of carbonyl (C=O) groups is 2. The number of unbranched alkanes of at least 4 members (excludes halogenated alkanes) is 6. The van der Waals surface area contributed by atoms with Gasteiger partial charge in [-0.15, -0.1) is 22.7 Å². The van der Waals surface area contributed by atoms with Crippen LogP contribution in [0.2, 0.25) is 0 Å². The minimum absolute atomic E-state index is 0.200. The molecule has 0 atom stereocenters. The van der Waals surface area contributed by atoms with E-state index in [4.69, 9.17) is 15.3 Å². The maximum Gasteiger partial charge on any atom is 0.346 e. The zero-order chi connectivity index (χ0) is 43.4. The van der Waals surface area contributed by atoms with E-state index < -0.39 is 11.9 Å². The van der Waals surface area contributed by atoms with Crippen molar-refractivity contribution in [3.63, 3.8) is 0 Å². The molecule has 2 N–H and O–H groups in total. The standard InChI is InChI=1S/C51H51N3O5S2/c1-3-5-7-9-11-44(12-10-8-6-4-2)59-45-25-23-43(24-26-45)54(41-19-13-37(14-20-41)17-27-46-29-31-48(60-46)33-39(35-52)50(55)56)42-21-15-38(16-22-42)18-28-47-30-32-49(61-47)34-40(36-53)51(57)58/h13-34,44H,3-12H2,1-2H3,(H,55,56)(H,57,58)/b27-17+,28-18+,39-33+,40-34+. The average molecular weight is 850 g/mol. The SMILES string of the molecule is CCCCCCC(CCCCCC)Oc1ccc(N(c2ccc(/C=C/c3ccc(/C=C(\C#N)C(=O)O)s3)cc2)c2ccc(/C=C/c3ccc(/C=C(\C#N)C(=O)O)s3)cc2)cc1. The third kappa shape index (κ3) is 14.4. The summed E-state index contributed by atoms with van der Waals surface area (Å²) in [4.78, 5) is 28.0. The van der Waals surface area contributed by atoms with E-state index in [-0.39, 0.29) is 17.3 Å². The van der Waals surface area contributed by atoms with Gasteiger partial charge in [0.15, 0.2) is 0 Å². The smallest absolute Gasteiger partial charge is 0.346 e. The number of nitriles is 2. The second kappa shape index (κ2) is 24.0. The number of thiophene rings is 2. The fourth-order valence-corrected chi connectivity index (χ4v) is 8.35. The molecule has 0 aliphatic rings. The fraction of sp³-hybridized carbons (Fsp3) is 0.255. The molecule has 0 aliphatic heterocycles. The number of anilines is 3. The molecular formula is C51H51N3O5S2. The first-order valence-electron chi connectivity index (χ1n) is 20.7. The molecule has 0 amide bonds. The third-order valence-corrected chi connectivity index (χ3v) is 11.9. The monoisotopic (exact) mass is 849 g/mol. The van der Waals surface area contributed by atoms with Gasteiger partial charge in [0, 0.05) is 36.6 Å². The zero-order valence-corrected chi connectivity index (χ0v) is 36.3. The number of carboxylic acid groups (broad SMARTS) is 2. The second-order valence-corrected chi connectivity index (χ2v) is 16.8. The first kappa shape index (κ1) is 45.6. The molecule has 0 bridgehead atoms. The maximum atomic E-state index is 11.3. The van der Waals surface area contributed by atoms with Crippen LogP contribution in [0.1, 0.15) is 109 Å². The van der Waals surface area contributed by atoms with Crippen molar-refractivity contribution in [1.29, 1.82) is 10.5 Å². The van der Waals surface area contributed by atoms with Crippen LogP contribution in [0.3, 0.4) is 0 Å². The lowest BCUT2D eigenvalue weighted by Gasteiger charge is -2.26. The Bertz CT molecular complexity index is 2260. The van der Waals surface area contributed by atoms with E-state index in [9.17, 15) is 19.8 Å². The predicted octanol–water partition coefficient (Wildman–Crippen LogP) is 14.3. The van der Waals surface area contributed by atoms with Crippen molar-refractivity contribution in [3.8, 4) is 17.9 Å². The van der Waals surface area contributed by atoms with Gasteiger partial charge in [-0.2, -0.15) is 10.5 Å². The number of ether oxygens (including phenoxy) is 1. The van der Waals surface area contributed by atoms with E-state index in [2.05, 4.69) is 91.5 Å². The third-order valence-electron chi connectivity index (χ3n) is 9.91. The minimum atomic E-state index is -1.25. The first-order valence-corrected chi connectivity index (χ1v) is 22.4. The van der Waals surface area contributed by atoms with Crippen LogP contribution in [0.5, 0.6) is 5.75 Å². The quantitative estimate of drug-likeness (QED) is 0.0377. The Morgan fingerprint density at radius 3 is 1.34 bits per heavy atom. The number of nitrogens with zero attached hydrogens (tertiary/aromatic N) is 3. The van der Waals surface area contributed by atoms with Crippen LogP contribution in [0.25, 0.3) is 36.5 Å². The topological polar surface area (TPSA) is 135 Å². The van der Waals surface area contributed by atoms with Gasteiger partial charge in [-0.3, -0.25) is 0 Å². The maximum absolute atomic E-state index is 11.3. The zero-order valence-electron chi connectivity index (χ0n) is 34.6. The minimum Gasteiger partial charge on any atom is -0.490 e. The van der Waals surface area contributed by atoms with E-state index in [0.717, 1.165) is 56.5 Å². The van der Waals surface area contributed by atoms with Gasteiger partial charge in [-0.1, -0.05) is 88.8 Å². The Labute approximate surface area is 367 Å². The molecule has 0 aliphatic carbocycles. The Morgan fingerprint density at radius 1 is 0.574 bits per heavy atom. The van der Waals surface area contributed by atoms with Crippen molar-refractivity contribution in [2.75, 3.05) is 4.90 Å².